The lowest BCUT2D eigenvalue weighted by Gasteiger charge is -2.20. The Morgan fingerprint density at radius 1 is 1.33 bits per heavy atom. The van der Waals surface area contributed by atoms with E-state index < -0.39 is 23.4 Å². The first-order valence-electron chi connectivity index (χ1n) is 6.18. The Morgan fingerprint density at radius 3 is 2.52 bits per heavy atom. The summed E-state index contributed by atoms with van der Waals surface area (Å²) >= 11 is 0. The third-order valence-corrected chi connectivity index (χ3v) is 2.73. The molecule has 0 fully saturated rings. The van der Waals surface area contributed by atoms with Crippen LogP contribution in [0.4, 0.5) is 14.9 Å². The minimum Gasteiger partial charge on any atom is -0.478 e. The van der Waals surface area contributed by atoms with Crippen molar-refractivity contribution in [2.24, 2.45) is 0 Å². The molecule has 1 rings (SSSR count). The fourth-order valence-electron chi connectivity index (χ4n) is 1.55. The first kappa shape index (κ1) is 16.4. The fraction of sp³-hybridized carbons (Fsp3) is 0.308. The predicted molar refractivity (Wildman–Crippen MR) is 73.7 cm³/mol. The molecule has 0 spiro atoms. The number of carboxylic acids is 1. The first-order valence-corrected chi connectivity index (χ1v) is 6.18. The van der Waals surface area contributed by atoms with Gasteiger partial charge in [-0.2, -0.15) is 0 Å². The van der Waals surface area contributed by atoms with Crippen molar-refractivity contribution in [3.05, 3.63) is 29.6 Å². The van der Waals surface area contributed by atoms with Crippen LogP contribution >= 0.6 is 0 Å². The zero-order valence-corrected chi connectivity index (χ0v) is 11.6. The maximum Gasteiger partial charge on any atom is 0.338 e. The number of urea groups is 1. The molecule has 3 N–H and O–H groups in total. The molecule has 1 aromatic carbocycles. The summed E-state index contributed by atoms with van der Waals surface area (Å²) in [4.78, 5) is 35.3. The number of aromatic carboxylic acids is 1. The van der Waals surface area contributed by atoms with Crippen molar-refractivity contribution in [2.45, 2.75) is 6.92 Å². The van der Waals surface area contributed by atoms with Gasteiger partial charge in [0.05, 0.1) is 5.56 Å². The van der Waals surface area contributed by atoms with Gasteiger partial charge in [-0.25, -0.2) is 14.0 Å². The molecule has 8 heteroatoms. The minimum atomic E-state index is -1.43. The lowest BCUT2D eigenvalue weighted by Crippen LogP contribution is -2.41. The number of anilines is 1. The van der Waals surface area contributed by atoms with Crippen molar-refractivity contribution in [1.29, 1.82) is 0 Å². The minimum absolute atomic E-state index is 0.133. The summed E-state index contributed by atoms with van der Waals surface area (Å²) in [5.41, 5.74) is -0.406. The third-order valence-electron chi connectivity index (χ3n) is 2.73. The summed E-state index contributed by atoms with van der Waals surface area (Å²) < 4.78 is 13.2. The summed E-state index contributed by atoms with van der Waals surface area (Å²) in [6.07, 6.45) is 0. The first-order chi connectivity index (χ1) is 9.88. The van der Waals surface area contributed by atoms with Crippen LogP contribution in [0.25, 0.3) is 0 Å². The number of hydrogen-bond donors (Lipinski definition) is 3. The number of nitrogens with zero attached hydrogens (tertiary/aromatic N) is 1. The SMILES string of the molecule is CCN(CC(=O)NC)C(=O)Nc1ccc(F)c(C(=O)O)c1. The monoisotopic (exact) mass is 297 g/mol. The topological polar surface area (TPSA) is 98.7 Å². The lowest BCUT2D eigenvalue weighted by atomic mass is 10.2. The van der Waals surface area contributed by atoms with Gasteiger partial charge in [-0.3, -0.25) is 4.79 Å². The Bertz CT molecular complexity index is 562. The van der Waals surface area contributed by atoms with Gasteiger partial charge in [-0.1, -0.05) is 0 Å². The van der Waals surface area contributed by atoms with Crippen LogP contribution in [0.3, 0.4) is 0 Å². The van der Waals surface area contributed by atoms with Crippen LogP contribution in [0.1, 0.15) is 17.3 Å². The number of nitrogens with one attached hydrogen (secondary N) is 2. The molecule has 0 heterocycles. The maximum absolute atomic E-state index is 13.2. The number of rotatable bonds is 5. The second kappa shape index (κ2) is 7.22. The van der Waals surface area contributed by atoms with Crippen molar-refractivity contribution in [3.63, 3.8) is 0 Å². The van der Waals surface area contributed by atoms with E-state index in [1.54, 1.807) is 6.92 Å². The van der Waals surface area contributed by atoms with Gasteiger partial charge >= 0.3 is 12.0 Å². The highest BCUT2D eigenvalue weighted by Gasteiger charge is 2.16. The van der Waals surface area contributed by atoms with Crippen LogP contribution in [0.2, 0.25) is 0 Å². The molecule has 7 nitrogen and oxygen atoms in total. The number of carbonyl (C=O) groups is 3. The summed E-state index contributed by atoms with van der Waals surface area (Å²) in [7, 11) is 1.45. The molecule has 0 saturated carbocycles. The quantitative estimate of drug-likeness (QED) is 0.758. The van der Waals surface area contributed by atoms with E-state index in [0.717, 1.165) is 12.1 Å². The highest BCUT2D eigenvalue weighted by Crippen LogP contribution is 2.15. The Kier molecular flexibility index (Phi) is 5.65. The van der Waals surface area contributed by atoms with E-state index in [1.807, 2.05) is 0 Å². The molecular formula is C13H16FN3O4. The molecule has 0 atom stereocenters. The summed E-state index contributed by atoms with van der Waals surface area (Å²) in [5, 5.41) is 13.6. The second-order valence-electron chi connectivity index (χ2n) is 4.12. The van der Waals surface area contributed by atoms with Gasteiger partial charge in [0.2, 0.25) is 5.91 Å². The van der Waals surface area contributed by atoms with Crippen LogP contribution in [-0.4, -0.2) is 48.1 Å². The van der Waals surface area contributed by atoms with Crippen LogP contribution in [0.5, 0.6) is 0 Å². The van der Waals surface area contributed by atoms with Gasteiger partial charge in [0.25, 0.3) is 0 Å². The highest BCUT2D eigenvalue weighted by atomic mass is 19.1. The zero-order chi connectivity index (χ0) is 16.0. The van der Waals surface area contributed by atoms with Gasteiger partial charge in [0.15, 0.2) is 0 Å². The Hall–Kier alpha value is -2.64. The molecule has 21 heavy (non-hydrogen) atoms. The Labute approximate surface area is 120 Å². The zero-order valence-electron chi connectivity index (χ0n) is 11.6. The normalized spacial score (nSPS) is 9.86. The van der Waals surface area contributed by atoms with Gasteiger partial charge in [0.1, 0.15) is 12.4 Å². The molecule has 0 unspecified atom stereocenters. The van der Waals surface area contributed by atoms with E-state index in [2.05, 4.69) is 10.6 Å². The van der Waals surface area contributed by atoms with Gasteiger partial charge in [-0.05, 0) is 25.1 Å². The van der Waals surface area contributed by atoms with Crippen LogP contribution in [0, 0.1) is 5.82 Å². The maximum atomic E-state index is 13.2. The van der Waals surface area contributed by atoms with Gasteiger partial charge < -0.3 is 20.6 Å². The molecular weight excluding hydrogens is 281 g/mol. The molecule has 0 radical (unpaired) electrons. The highest BCUT2D eigenvalue weighted by molar-refractivity contribution is 5.94. The number of carboxylic acid groups (broad SMARTS) is 1. The van der Waals surface area contributed by atoms with Crippen molar-refractivity contribution in [1.82, 2.24) is 10.2 Å². The van der Waals surface area contributed by atoms with Crippen molar-refractivity contribution >= 4 is 23.6 Å². The number of carbonyl (C=O) groups excluding carboxylic acids is 2. The molecule has 114 valence electrons. The number of amides is 3. The fourth-order valence-corrected chi connectivity index (χ4v) is 1.55. The van der Waals surface area contributed by atoms with Crippen molar-refractivity contribution in [2.75, 3.05) is 25.5 Å². The molecule has 1 aromatic rings. The van der Waals surface area contributed by atoms with Crippen molar-refractivity contribution in [3.8, 4) is 0 Å². The van der Waals surface area contributed by atoms with Crippen LogP contribution < -0.4 is 10.6 Å². The molecule has 3 amide bonds. The Balaban J connectivity index is 2.84. The molecule has 0 bridgehead atoms. The van der Waals surface area contributed by atoms with Gasteiger partial charge in [-0.15, -0.1) is 0 Å². The van der Waals surface area contributed by atoms with E-state index in [-0.39, 0.29) is 24.7 Å². The van der Waals surface area contributed by atoms with Gasteiger partial charge in [0, 0.05) is 19.3 Å². The van der Waals surface area contributed by atoms with E-state index in [4.69, 9.17) is 5.11 Å². The molecule has 0 aliphatic carbocycles. The second-order valence-corrected chi connectivity index (χ2v) is 4.12. The Morgan fingerprint density at radius 2 is 2.00 bits per heavy atom. The molecule has 0 aromatic heterocycles. The van der Waals surface area contributed by atoms with E-state index in [1.165, 1.54) is 18.0 Å². The summed E-state index contributed by atoms with van der Waals surface area (Å²) in [6, 6.07) is 2.63. The van der Waals surface area contributed by atoms with Crippen LogP contribution in [-0.2, 0) is 4.79 Å². The van der Waals surface area contributed by atoms with Crippen LogP contribution in [0.15, 0.2) is 18.2 Å². The molecule has 0 saturated heterocycles. The third kappa shape index (κ3) is 4.44. The molecule has 0 aliphatic heterocycles. The molecule has 0 aliphatic rings. The average molecular weight is 297 g/mol. The van der Waals surface area contributed by atoms with E-state index >= 15 is 0 Å². The number of benzene rings is 1. The predicted octanol–water partition coefficient (Wildman–Crippen LogP) is 1.12. The number of hydrogen-bond acceptors (Lipinski definition) is 3. The van der Waals surface area contributed by atoms with Crippen molar-refractivity contribution < 1.29 is 23.9 Å². The smallest absolute Gasteiger partial charge is 0.338 e. The summed E-state index contributed by atoms with van der Waals surface area (Å²) in [5.74, 6) is -2.66. The number of halogens is 1. The largest absolute Gasteiger partial charge is 0.478 e. The lowest BCUT2D eigenvalue weighted by molar-refractivity contribution is -0.121. The van der Waals surface area contributed by atoms with E-state index in [0.29, 0.717) is 0 Å². The summed E-state index contributed by atoms with van der Waals surface area (Å²) in [6.45, 7) is 1.84. The number of likely N-dealkylation sites (N-methyl/N-ethyl adjacent to an activating group) is 2. The average Bonchev–Trinajstić information content (AvgIpc) is 2.45. The van der Waals surface area contributed by atoms with E-state index in [9.17, 15) is 18.8 Å². The standard InChI is InChI=1S/C13H16FN3O4/c1-3-17(7-11(18)15-2)13(21)16-8-4-5-10(14)9(6-8)12(19)20/h4-6H,3,7H2,1-2H3,(H,15,18)(H,16,21)(H,19,20).